The Morgan fingerprint density at radius 2 is 1.32 bits per heavy atom. The minimum Gasteiger partial charge on any atom is -0.282 e. The van der Waals surface area contributed by atoms with E-state index in [0.717, 1.165) is 17.8 Å². The first-order chi connectivity index (χ1) is 13.0. The maximum Gasteiger partial charge on any atom is 0.417 e. The molecule has 2 aromatic rings. The summed E-state index contributed by atoms with van der Waals surface area (Å²) >= 11 is 1.52. The molecule has 0 spiro atoms. The zero-order valence-electron chi connectivity index (χ0n) is 15.2. The number of rotatable bonds is 5. The maximum atomic E-state index is 13.5. The van der Waals surface area contributed by atoms with Gasteiger partial charge in [0.15, 0.2) is 0 Å². The van der Waals surface area contributed by atoms with Crippen molar-refractivity contribution in [2.45, 2.75) is 29.8 Å². The van der Waals surface area contributed by atoms with E-state index in [4.69, 9.17) is 0 Å². The number of alkyl halides is 3. The number of halogens is 3. The van der Waals surface area contributed by atoms with E-state index in [0.29, 0.717) is 33.4 Å². The molecule has 0 atom stereocenters. The molecule has 0 radical (unpaired) electrons. The largest absolute Gasteiger partial charge is 0.417 e. The summed E-state index contributed by atoms with van der Waals surface area (Å²) in [5.74, 6) is 0. The molecule has 2 aromatic carbocycles. The molecular formula is C21H17F3O2S2. The third kappa shape index (κ3) is 5.62. The molecule has 0 aliphatic rings. The summed E-state index contributed by atoms with van der Waals surface area (Å²) < 4.78 is 40.4. The van der Waals surface area contributed by atoms with Gasteiger partial charge in [0.25, 0.3) is 0 Å². The van der Waals surface area contributed by atoms with E-state index >= 15 is 0 Å². The van der Waals surface area contributed by atoms with Gasteiger partial charge in [-0.25, -0.2) is 0 Å². The minimum atomic E-state index is -4.60. The third-order valence-electron chi connectivity index (χ3n) is 3.58. The molecular weight excluding hydrogens is 405 g/mol. The molecule has 0 bridgehead atoms. The number of benzene rings is 2. The number of thioether (sulfide) groups is 2. The van der Waals surface area contributed by atoms with Crippen LogP contribution in [0.2, 0.25) is 0 Å². The molecule has 0 fully saturated rings. The Labute approximate surface area is 169 Å². The first-order valence-corrected chi connectivity index (χ1v) is 9.69. The Bertz CT molecular complexity index is 945. The van der Waals surface area contributed by atoms with Crippen LogP contribution in [-0.2, 0) is 15.8 Å². The van der Waals surface area contributed by atoms with E-state index in [2.05, 4.69) is 13.2 Å². The minimum absolute atomic E-state index is 0.163. The zero-order chi connectivity index (χ0) is 21.1. The van der Waals surface area contributed by atoms with Gasteiger partial charge in [-0.15, -0.1) is 0 Å². The van der Waals surface area contributed by atoms with Gasteiger partial charge < -0.3 is 0 Å². The van der Waals surface area contributed by atoms with Gasteiger partial charge in [-0.3, -0.25) is 9.59 Å². The van der Waals surface area contributed by atoms with Gasteiger partial charge >= 0.3 is 6.18 Å². The standard InChI is InChI=1S/C21H17F3O2S2/c1-12(2)19(25)27-16-8-5-14(6-9-16)15-7-10-18(28-20(26)13(3)4)17(11-15)21(22,23)24/h5-11H,1,3H2,2,4H3. The van der Waals surface area contributed by atoms with Crippen LogP contribution in [0.5, 0.6) is 0 Å². The van der Waals surface area contributed by atoms with E-state index in [-0.39, 0.29) is 15.6 Å². The van der Waals surface area contributed by atoms with Gasteiger partial charge in [0.05, 0.1) is 5.56 Å². The highest BCUT2D eigenvalue weighted by Gasteiger charge is 2.34. The monoisotopic (exact) mass is 422 g/mol. The summed E-state index contributed by atoms with van der Waals surface area (Å²) in [6.07, 6.45) is -4.60. The second-order valence-electron chi connectivity index (χ2n) is 6.07. The van der Waals surface area contributed by atoms with Crippen molar-refractivity contribution >= 4 is 33.8 Å². The molecule has 0 heterocycles. The van der Waals surface area contributed by atoms with E-state index in [1.807, 2.05) is 0 Å². The SMILES string of the molecule is C=C(C)C(=O)Sc1ccc(-c2ccc(SC(=O)C(=C)C)c(C(F)(F)F)c2)cc1. The Morgan fingerprint density at radius 3 is 1.82 bits per heavy atom. The molecule has 0 N–H and O–H groups in total. The smallest absolute Gasteiger partial charge is 0.282 e. The van der Waals surface area contributed by atoms with Gasteiger partial charge in [-0.1, -0.05) is 31.4 Å². The molecule has 0 aliphatic heterocycles. The van der Waals surface area contributed by atoms with Crippen LogP contribution in [0.4, 0.5) is 13.2 Å². The molecule has 0 saturated heterocycles. The van der Waals surface area contributed by atoms with Crippen LogP contribution in [0.3, 0.4) is 0 Å². The number of hydrogen-bond acceptors (Lipinski definition) is 4. The molecule has 146 valence electrons. The quantitative estimate of drug-likeness (QED) is 0.394. The average molecular weight is 422 g/mol. The number of hydrogen-bond donors (Lipinski definition) is 0. The van der Waals surface area contributed by atoms with Gasteiger partial charge in [0, 0.05) is 9.79 Å². The summed E-state index contributed by atoms with van der Waals surface area (Å²) in [4.78, 5) is 24.0. The van der Waals surface area contributed by atoms with Gasteiger partial charge in [0.1, 0.15) is 0 Å². The third-order valence-corrected chi connectivity index (χ3v) is 5.73. The lowest BCUT2D eigenvalue weighted by Gasteiger charge is -2.14. The van der Waals surface area contributed by atoms with Gasteiger partial charge in [-0.2, -0.15) is 13.2 Å². The van der Waals surface area contributed by atoms with Crippen LogP contribution >= 0.6 is 23.5 Å². The second kappa shape index (κ2) is 8.84. The average Bonchev–Trinajstić information content (AvgIpc) is 2.61. The molecule has 0 amide bonds. The Balaban J connectivity index is 2.36. The number of carbonyl (C=O) groups is 2. The van der Waals surface area contributed by atoms with Crippen molar-refractivity contribution in [3.05, 3.63) is 72.3 Å². The molecule has 2 nitrogen and oxygen atoms in total. The van der Waals surface area contributed by atoms with Crippen molar-refractivity contribution in [2.24, 2.45) is 0 Å². The van der Waals surface area contributed by atoms with E-state index in [1.54, 1.807) is 31.2 Å². The Hall–Kier alpha value is -2.25. The summed E-state index contributed by atoms with van der Waals surface area (Å²) in [7, 11) is 0. The fourth-order valence-corrected chi connectivity index (χ4v) is 3.57. The van der Waals surface area contributed by atoms with Crippen molar-refractivity contribution in [3.63, 3.8) is 0 Å². The lowest BCUT2D eigenvalue weighted by atomic mass is 10.0. The first kappa shape index (κ1) is 22.0. The Kier molecular flexibility index (Phi) is 6.96. The van der Waals surface area contributed by atoms with Crippen LogP contribution in [0.15, 0.2) is 76.6 Å². The summed E-state index contributed by atoms with van der Waals surface area (Å²) in [5, 5.41) is -0.683. The molecule has 2 rings (SSSR count). The van der Waals surface area contributed by atoms with Crippen LogP contribution in [0.1, 0.15) is 19.4 Å². The van der Waals surface area contributed by atoms with Gasteiger partial charge in [-0.05, 0) is 83.9 Å². The topological polar surface area (TPSA) is 34.1 Å². The predicted octanol–water partition coefficient (Wildman–Crippen LogP) is 6.76. The summed E-state index contributed by atoms with van der Waals surface area (Å²) in [6.45, 7) is 10.1. The van der Waals surface area contributed by atoms with Crippen molar-refractivity contribution in [2.75, 3.05) is 0 Å². The maximum absolute atomic E-state index is 13.5. The van der Waals surface area contributed by atoms with Crippen molar-refractivity contribution < 1.29 is 22.8 Å². The van der Waals surface area contributed by atoms with E-state index in [1.165, 1.54) is 19.1 Å². The fraction of sp³-hybridized carbons (Fsp3) is 0.143. The molecule has 0 aromatic heterocycles. The van der Waals surface area contributed by atoms with Gasteiger partial charge in [0.2, 0.25) is 10.2 Å². The van der Waals surface area contributed by atoms with Crippen molar-refractivity contribution in [1.82, 2.24) is 0 Å². The first-order valence-electron chi connectivity index (χ1n) is 8.06. The second-order valence-corrected chi connectivity index (χ2v) is 8.13. The lowest BCUT2D eigenvalue weighted by Crippen LogP contribution is -2.08. The van der Waals surface area contributed by atoms with Crippen LogP contribution in [-0.4, -0.2) is 10.2 Å². The van der Waals surface area contributed by atoms with Crippen LogP contribution in [0, 0.1) is 0 Å². The molecule has 28 heavy (non-hydrogen) atoms. The highest BCUT2D eigenvalue weighted by molar-refractivity contribution is 8.14. The number of carbonyl (C=O) groups excluding carboxylic acids is 2. The molecule has 0 unspecified atom stereocenters. The van der Waals surface area contributed by atoms with Crippen LogP contribution < -0.4 is 0 Å². The molecule has 0 saturated carbocycles. The van der Waals surface area contributed by atoms with Crippen molar-refractivity contribution in [1.29, 1.82) is 0 Å². The Morgan fingerprint density at radius 1 is 0.821 bits per heavy atom. The van der Waals surface area contributed by atoms with Crippen molar-refractivity contribution in [3.8, 4) is 11.1 Å². The predicted molar refractivity (Wildman–Crippen MR) is 108 cm³/mol. The normalized spacial score (nSPS) is 11.2. The van der Waals surface area contributed by atoms with E-state index in [9.17, 15) is 22.8 Å². The summed E-state index contributed by atoms with van der Waals surface area (Å²) in [5.41, 5.74) is 0.657. The zero-order valence-corrected chi connectivity index (χ0v) is 16.9. The van der Waals surface area contributed by atoms with E-state index < -0.39 is 16.9 Å². The molecule has 0 aliphatic carbocycles. The molecule has 7 heteroatoms. The summed E-state index contributed by atoms with van der Waals surface area (Å²) in [6, 6.07) is 10.5. The highest BCUT2D eigenvalue weighted by atomic mass is 32.2. The fourth-order valence-electron chi connectivity index (χ4n) is 2.12. The highest BCUT2D eigenvalue weighted by Crippen LogP contribution is 2.40. The lowest BCUT2D eigenvalue weighted by molar-refractivity contribution is -0.139. The van der Waals surface area contributed by atoms with Crippen LogP contribution in [0.25, 0.3) is 11.1 Å².